The molecule has 2 unspecified atom stereocenters. The number of hydrogen-bond acceptors (Lipinski definition) is 3. The maximum Gasteiger partial charge on any atom is 0.228 e. The van der Waals surface area contributed by atoms with Gasteiger partial charge in [0.2, 0.25) is 11.8 Å². The Labute approximate surface area is 157 Å². The minimum atomic E-state index is -0.271. The number of methoxy groups -OCH3 is 1. The molecule has 1 saturated carbocycles. The fourth-order valence-corrected chi connectivity index (χ4v) is 3.08. The Balaban J connectivity index is 1.43. The van der Waals surface area contributed by atoms with Crippen molar-refractivity contribution in [3.63, 3.8) is 0 Å². The molecule has 0 spiro atoms. The SMILES string of the molecule is COc1cccc(NC(=O)C2CC2C(=O)NCCc2cccc(Cl)c2)c1. The molecule has 1 aliphatic carbocycles. The molecule has 1 aliphatic rings. The summed E-state index contributed by atoms with van der Waals surface area (Å²) in [5, 5.41) is 6.42. The average molecular weight is 373 g/mol. The van der Waals surface area contributed by atoms with Crippen molar-refractivity contribution in [2.24, 2.45) is 11.8 Å². The van der Waals surface area contributed by atoms with E-state index in [0.29, 0.717) is 35.8 Å². The molecule has 1 fully saturated rings. The third-order valence-electron chi connectivity index (χ3n) is 4.40. The van der Waals surface area contributed by atoms with E-state index in [-0.39, 0.29) is 23.7 Å². The van der Waals surface area contributed by atoms with Gasteiger partial charge in [0.05, 0.1) is 18.9 Å². The molecular weight excluding hydrogens is 352 g/mol. The number of benzene rings is 2. The fourth-order valence-electron chi connectivity index (χ4n) is 2.86. The van der Waals surface area contributed by atoms with E-state index in [2.05, 4.69) is 10.6 Å². The van der Waals surface area contributed by atoms with E-state index in [0.717, 1.165) is 5.56 Å². The van der Waals surface area contributed by atoms with Gasteiger partial charge in [-0.25, -0.2) is 0 Å². The van der Waals surface area contributed by atoms with Crippen LogP contribution in [0, 0.1) is 11.8 Å². The maximum absolute atomic E-state index is 12.3. The number of anilines is 1. The minimum absolute atomic E-state index is 0.0715. The van der Waals surface area contributed by atoms with Crippen molar-refractivity contribution in [1.82, 2.24) is 5.32 Å². The smallest absolute Gasteiger partial charge is 0.228 e. The summed E-state index contributed by atoms with van der Waals surface area (Å²) >= 11 is 5.95. The van der Waals surface area contributed by atoms with Gasteiger partial charge < -0.3 is 15.4 Å². The van der Waals surface area contributed by atoms with Gasteiger partial charge in [-0.1, -0.05) is 29.8 Å². The van der Waals surface area contributed by atoms with Crippen molar-refractivity contribution >= 4 is 29.1 Å². The number of hydrogen-bond donors (Lipinski definition) is 2. The highest BCUT2D eigenvalue weighted by atomic mass is 35.5. The standard InChI is InChI=1S/C20H21ClN2O3/c1-26-16-7-3-6-15(11-16)23-20(25)18-12-17(18)19(24)22-9-8-13-4-2-5-14(21)10-13/h2-7,10-11,17-18H,8-9,12H2,1H3,(H,22,24)(H,23,25). The van der Waals surface area contributed by atoms with E-state index in [9.17, 15) is 9.59 Å². The maximum atomic E-state index is 12.3. The van der Waals surface area contributed by atoms with Crippen molar-refractivity contribution < 1.29 is 14.3 Å². The molecule has 2 amide bonds. The number of carbonyl (C=O) groups excluding carboxylic acids is 2. The zero-order valence-corrected chi connectivity index (χ0v) is 15.3. The zero-order valence-electron chi connectivity index (χ0n) is 14.5. The van der Waals surface area contributed by atoms with Crippen LogP contribution in [0.15, 0.2) is 48.5 Å². The van der Waals surface area contributed by atoms with E-state index < -0.39 is 0 Å². The molecule has 0 bridgehead atoms. The number of rotatable bonds is 7. The Bertz CT molecular complexity index is 809. The molecule has 0 heterocycles. The molecule has 0 radical (unpaired) electrons. The minimum Gasteiger partial charge on any atom is -0.497 e. The summed E-state index contributed by atoms with van der Waals surface area (Å²) in [5.41, 5.74) is 1.74. The Kier molecular flexibility index (Phi) is 5.78. The Morgan fingerprint density at radius 2 is 1.88 bits per heavy atom. The molecule has 2 atom stereocenters. The zero-order chi connectivity index (χ0) is 18.5. The molecule has 0 aromatic heterocycles. The Hall–Kier alpha value is -2.53. The topological polar surface area (TPSA) is 67.4 Å². The van der Waals surface area contributed by atoms with Crippen LogP contribution in [0.2, 0.25) is 5.02 Å². The van der Waals surface area contributed by atoms with Crippen LogP contribution in [0.1, 0.15) is 12.0 Å². The normalized spacial score (nSPS) is 18.1. The largest absolute Gasteiger partial charge is 0.497 e. The third kappa shape index (κ3) is 4.76. The number of ether oxygens (including phenoxy) is 1. The van der Waals surface area contributed by atoms with E-state index in [4.69, 9.17) is 16.3 Å². The van der Waals surface area contributed by atoms with Crippen LogP contribution >= 0.6 is 11.6 Å². The summed E-state index contributed by atoms with van der Waals surface area (Å²) in [6.45, 7) is 0.528. The quantitative estimate of drug-likeness (QED) is 0.783. The van der Waals surface area contributed by atoms with Crippen molar-refractivity contribution in [1.29, 1.82) is 0 Å². The van der Waals surface area contributed by atoms with Crippen molar-refractivity contribution in [3.8, 4) is 5.75 Å². The van der Waals surface area contributed by atoms with Gasteiger partial charge in [0.1, 0.15) is 5.75 Å². The number of carbonyl (C=O) groups is 2. The lowest BCUT2D eigenvalue weighted by atomic mass is 10.1. The van der Waals surface area contributed by atoms with Gasteiger partial charge in [-0.15, -0.1) is 0 Å². The van der Waals surface area contributed by atoms with Gasteiger partial charge in [0.15, 0.2) is 0 Å². The second kappa shape index (κ2) is 8.23. The predicted molar refractivity (Wildman–Crippen MR) is 101 cm³/mol. The highest BCUT2D eigenvalue weighted by Gasteiger charge is 2.47. The molecule has 0 saturated heterocycles. The summed E-state index contributed by atoms with van der Waals surface area (Å²) < 4.78 is 5.14. The van der Waals surface area contributed by atoms with Crippen LogP contribution in [0.25, 0.3) is 0 Å². The van der Waals surface area contributed by atoms with E-state index in [1.165, 1.54) is 0 Å². The molecule has 2 N–H and O–H groups in total. The first-order valence-corrected chi connectivity index (χ1v) is 8.91. The molecule has 136 valence electrons. The summed E-state index contributed by atoms with van der Waals surface area (Å²) in [6.07, 6.45) is 1.29. The third-order valence-corrected chi connectivity index (χ3v) is 4.64. The van der Waals surface area contributed by atoms with Crippen LogP contribution in [-0.2, 0) is 16.0 Å². The van der Waals surface area contributed by atoms with Crippen LogP contribution in [-0.4, -0.2) is 25.5 Å². The summed E-state index contributed by atoms with van der Waals surface area (Å²) in [4.78, 5) is 24.5. The van der Waals surface area contributed by atoms with Gasteiger partial charge in [-0.05, 0) is 42.7 Å². The molecule has 26 heavy (non-hydrogen) atoms. The van der Waals surface area contributed by atoms with Crippen LogP contribution < -0.4 is 15.4 Å². The first-order chi connectivity index (χ1) is 12.6. The highest BCUT2D eigenvalue weighted by molar-refractivity contribution is 6.30. The van der Waals surface area contributed by atoms with Gasteiger partial charge in [-0.2, -0.15) is 0 Å². The molecular formula is C20H21ClN2O3. The van der Waals surface area contributed by atoms with Crippen LogP contribution in [0.3, 0.4) is 0 Å². The van der Waals surface area contributed by atoms with Gasteiger partial charge >= 0.3 is 0 Å². The number of nitrogens with one attached hydrogen (secondary N) is 2. The summed E-state index contributed by atoms with van der Waals surface area (Å²) in [6, 6.07) is 14.7. The molecule has 0 aliphatic heterocycles. The van der Waals surface area contributed by atoms with Crippen LogP contribution in [0.4, 0.5) is 5.69 Å². The summed E-state index contributed by atoms with van der Waals surface area (Å²) in [7, 11) is 1.57. The molecule has 2 aromatic rings. The van der Waals surface area contributed by atoms with E-state index in [1.807, 2.05) is 30.3 Å². The lowest BCUT2D eigenvalue weighted by molar-refractivity contribution is -0.125. The molecule has 5 nitrogen and oxygen atoms in total. The average Bonchev–Trinajstić information content (AvgIpc) is 3.43. The van der Waals surface area contributed by atoms with E-state index in [1.54, 1.807) is 25.3 Å². The monoisotopic (exact) mass is 372 g/mol. The lowest BCUT2D eigenvalue weighted by Crippen LogP contribution is -2.29. The van der Waals surface area contributed by atoms with Gasteiger partial charge in [0.25, 0.3) is 0 Å². The lowest BCUT2D eigenvalue weighted by Gasteiger charge is -2.07. The molecule has 2 aromatic carbocycles. The summed E-state index contributed by atoms with van der Waals surface area (Å²) in [5.74, 6) is -0.0488. The predicted octanol–water partition coefficient (Wildman–Crippen LogP) is 3.28. The van der Waals surface area contributed by atoms with Crippen LogP contribution in [0.5, 0.6) is 5.75 Å². The second-order valence-corrected chi connectivity index (χ2v) is 6.78. The second-order valence-electron chi connectivity index (χ2n) is 6.34. The molecule has 3 rings (SSSR count). The van der Waals surface area contributed by atoms with Gasteiger partial charge in [-0.3, -0.25) is 9.59 Å². The number of halogens is 1. The highest BCUT2D eigenvalue weighted by Crippen LogP contribution is 2.39. The fraction of sp³-hybridized carbons (Fsp3) is 0.300. The Morgan fingerprint density at radius 1 is 1.12 bits per heavy atom. The first kappa shape index (κ1) is 18.3. The van der Waals surface area contributed by atoms with Crippen molar-refractivity contribution in [2.45, 2.75) is 12.8 Å². The van der Waals surface area contributed by atoms with Crippen molar-refractivity contribution in [3.05, 3.63) is 59.1 Å². The van der Waals surface area contributed by atoms with Gasteiger partial charge in [0, 0.05) is 23.3 Å². The van der Waals surface area contributed by atoms with E-state index >= 15 is 0 Å². The first-order valence-electron chi connectivity index (χ1n) is 8.54. The number of amides is 2. The Morgan fingerprint density at radius 3 is 2.65 bits per heavy atom. The molecule has 6 heteroatoms. The van der Waals surface area contributed by atoms with Crippen molar-refractivity contribution in [2.75, 3.05) is 19.0 Å².